The molecule has 1 aliphatic rings. The highest BCUT2D eigenvalue weighted by Crippen LogP contribution is 2.27. The first-order valence-electron chi connectivity index (χ1n) is 10.9. The van der Waals surface area contributed by atoms with Crippen molar-refractivity contribution in [3.05, 3.63) is 84.4 Å². The maximum absolute atomic E-state index is 12.8. The molecule has 2 heterocycles. The molecular formula is C25H23N5O3S. The van der Waals surface area contributed by atoms with Crippen LogP contribution >= 0.6 is 0 Å². The number of anilines is 1. The number of benzene rings is 3. The fourth-order valence-electron chi connectivity index (χ4n) is 4.19. The van der Waals surface area contributed by atoms with Crippen molar-refractivity contribution in [2.45, 2.75) is 4.90 Å². The minimum atomic E-state index is -3.78. The van der Waals surface area contributed by atoms with Crippen LogP contribution in [0.15, 0.2) is 83.8 Å². The Kier molecular flexibility index (Phi) is 5.72. The Morgan fingerprint density at radius 1 is 0.794 bits per heavy atom. The highest BCUT2D eigenvalue weighted by Gasteiger charge is 2.23. The van der Waals surface area contributed by atoms with Gasteiger partial charge in [0.1, 0.15) is 0 Å². The number of piperazine rings is 1. The minimum absolute atomic E-state index is 0.0145. The molecule has 1 aromatic heterocycles. The molecule has 3 aromatic carbocycles. The van der Waals surface area contributed by atoms with Gasteiger partial charge in [-0.3, -0.25) is 4.79 Å². The second-order valence-corrected chi connectivity index (χ2v) is 9.71. The Hall–Kier alpha value is -3.82. The molecule has 1 fully saturated rings. The number of primary sulfonamides is 1. The monoisotopic (exact) mass is 473 g/mol. The van der Waals surface area contributed by atoms with Crippen LogP contribution in [0.1, 0.15) is 10.4 Å². The molecule has 5 rings (SSSR count). The van der Waals surface area contributed by atoms with E-state index in [0.717, 1.165) is 27.8 Å². The van der Waals surface area contributed by atoms with Gasteiger partial charge in [-0.25, -0.2) is 13.6 Å². The molecule has 2 N–H and O–H groups in total. The lowest BCUT2D eigenvalue weighted by Crippen LogP contribution is -2.49. The van der Waals surface area contributed by atoms with E-state index in [-0.39, 0.29) is 10.8 Å². The third kappa shape index (κ3) is 4.35. The van der Waals surface area contributed by atoms with Crippen molar-refractivity contribution in [1.82, 2.24) is 15.1 Å². The van der Waals surface area contributed by atoms with E-state index < -0.39 is 10.0 Å². The highest BCUT2D eigenvalue weighted by atomic mass is 32.2. The minimum Gasteiger partial charge on any atom is -0.352 e. The van der Waals surface area contributed by atoms with Crippen molar-refractivity contribution in [3.63, 3.8) is 0 Å². The number of nitrogens with two attached hydrogens (primary N) is 1. The van der Waals surface area contributed by atoms with E-state index in [1.54, 1.807) is 4.90 Å². The summed E-state index contributed by atoms with van der Waals surface area (Å²) in [7, 11) is -3.78. The van der Waals surface area contributed by atoms with Gasteiger partial charge in [0.05, 0.1) is 10.6 Å². The molecule has 172 valence electrons. The summed E-state index contributed by atoms with van der Waals surface area (Å²) in [5.74, 6) is 0.631. The zero-order valence-corrected chi connectivity index (χ0v) is 19.1. The molecule has 1 saturated heterocycles. The van der Waals surface area contributed by atoms with E-state index in [0.29, 0.717) is 31.7 Å². The summed E-state index contributed by atoms with van der Waals surface area (Å²) in [6, 6.07) is 24.0. The van der Waals surface area contributed by atoms with Crippen molar-refractivity contribution in [2.75, 3.05) is 31.1 Å². The molecule has 0 saturated carbocycles. The molecular weight excluding hydrogens is 450 g/mol. The van der Waals surface area contributed by atoms with E-state index in [9.17, 15) is 13.2 Å². The number of rotatable bonds is 4. The molecule has 8 nitrogen and oxygen atoms in total. The van der Waals surface area contributed by atoms with Gasteiger partial charge in [0.2, 0.25) is 10.0 Å². The van der Waals surface area contributed by atoms with Crippen LogP contribution < -0.4 is 10.0 Å². The summed E-state index contributed by atoms with van der Waals surface area (Å²) in [5, 5.41) is 16.3. The quantitative estimate of drug-likeness (QED) is 0.488. The Balaban J connectivity index is 1.25. The first kappa shape index (κ1) is 22.0. The van der Waals surface area contributed by atoms with Crippen LogP contribution in [0.25, 0.3) is 22.0 Å². The normalized spacial score (nSPS) is 14.4. The largest absolute Gasteiger partial charge is 0.352 e. The van der Waals surface area contributed by atoms with E-state index in [2.05, 4.69) is 33.3 Å². The van der Waals surface area contributed by atoms with Gasteiger partial charge in [0.25, 0.3) is 5.91 Å². The molecule has 1 aliphatic heterocycles. The number of fused-ring (bicyclic) bond motifs is 1. The van der Waals surface area contributed by atoms with Crippen LogP contribution in [-0.2, 0) is 10.0 Å². The number of hydrogen-bond acceptors (Lipinski definition) is 6. The van der Waals surface area contributed by atoms with Crippen molar-refractivity contribution in [3.8, 4) is 11.3 Å². The summed E-state index contributed by atoms with van der Waals surface area (Å²) >= 11 is 0. The molecule has 34 heavy (non-hydrogen) atoms. The zero-order valence-electron chi connectivity index (χ0n) is 18.3. The first-order valence-corrected chi connectivity index (χ1v) is 12.4. The number of aromatic nitrogens is 2. The molecule has 0 unspecified atom stereocenters. The fourth-order valence-corrected chi connectivity index (χ4v) is 4.71. The van der Waals surface area contributed by atoms with Crippen LogP contribution in [0, 0.1) is 0 Å². The average molecular weight is 474 g/mol. The number of sulfonamides is 1. The van der Waals surface area contributed by atoms with Crippen molar-refractivity contribution < 1.29 is 13.2 Å². The second-order valence-electron chi connectivity index (χ2n) is 8.15. The van der Waals surface area contributed by atoms with E-state index in [1.165, 1.54) is 24.3 Å². The summed E-state index contributed by atoms with van der Waals surface area (Å²) in [5.41, 5.74) is 2.29. The van der Waals surface area contributed by atoms with Crippen molar-refractivity contribution in [2.24, 2.45) is 5.14 Å². The SMILES string of the molecule is NS(=O)(=O)c1ccc(C(=O)N2CCN(c3ccc(-c4cccc5ccccc45)nn3)CC2)cc1. The van der Waals surface area contributed by atoms with E-state index in [4.69, 9.17) is 5.14 Å². The van der Waals surface area contributed by atoms with Crippen LogP contribution in [0.3, 0.4) is 0 Å². The van der Waals surface area contributed by atoms with Gasteiger partial charge < -0.3 is 9.80 Å². The van der Waals surface area contributed by atoms with Gasteiger partial charge in [0.15, 0.2) is 5.82 Å². The van der Waals surface area contributed by atoms with Crippen LogP contribution in [0.5, 0.6) is 0 Å². The molecule has 1 amide bonds. The van der Waals surface area contributed by atoms with Crippen molar-refractivity contribution >= 4 is 32.5 Å². The standard InChI is InChI=1S/C25H23N5O3S/c26-34(32,33)20-10-8-19(9-11-20)25(31)30-16-14-29(15-17-30)24-13-12-23(27-28-24)22-7-3-5-18-4-1-2-6-21(18)22/h1-13H,14-17H2,(H2,26,32,33). The van der Waals surface area contributed by atoms with E-state index >= 15 is 0 Å². The molecule has 9 heteroatoms. The average Bonchev–Trinajstić information content (AvgIpc) is 2.88. The van der Waals surface area contributed by atoms with Crippen LogP contribution in [-0.4, -0.2) is 55.6 Å². The highest BCUT2D eigenvalue weighted by molar-refractivity contribution is 7.89. The van der Waals surface area contributed by atoms with Crippen LogP contribution in [0.4, 0.5) is 5.82 Å². The van der Waals surface area contributed by atoms with Gasteiger partial charge in [0, 0.05) is 37.3 Å². The third-order valence-corrected chi connectivity index (χ3v) is 6.97. The fraction of sp³-hybridized carbons (Fsp3) is 0.160. The third-order valence-electron chi connectivity index (χ3n) is 6.04. The zero-order chi connectivity index (χ0) is 23.7. The van der Waals surface area contributed by atoms with Gasteiger partial charge >= 0.3 is 0 Å². The predicted octanol–water partition coefficient (Wildman–Crippen LogP) is 2.91. The molecule has 0 spiro atoms. The van der Waals surface area contributed by atoms with Crippen molar-refractivity contribution in [1.29, 1.82) is 0 Å². The van der Waals surface area contributed by atoms with Gasteiger partial charge in [-0.05, 0) is 47.2 Å². The van der Waals surface area contributed by atoms with Gasteiger partial charge in [-0.15, -0.1) is 10.2 Å². The smallest absolute Gasteiger partial charge is 0.253 e. The number of carbonyl (C=O) groups is 1. The molecule has 4 aromatic rings. The Labute approximate surface area is 197 Å². The first-order chi connectivity index (χ1) is 16.4. The lowest BCUT2D eigenvalue weighted by atomic mass is 10.0. The summed E-state index contributed by atoms with van der Waals surface area (Å²) in [6.45, 7) is 2.32. The molecule has 0 aliphatic carbocycles. The summed E-state index contributed by atoms with van der Waals surface area (Å²) in [4.78, 5) is 16.7. The molecule has 0 radical (unpaired) electrons. The maximum Gasteiger partial charge on any atom is 0.253 e. The lowest BCUT2D eigenvalue weighted by Gasteiger charge is -2.35. The Morgan fingerprint density at radius 3 is 2.18 bits per heavy atom. The number of nitrogens with zero attached hydrogens (tertiary/aromatic N) is 4. The van der Waals surface area contributed by atoms with Gasteiger partial charge in [-0.1, -0.05) is 42.5 Å². The topological polar surface area (TPSA) is 109 Å². The Bertz CT molecular complexity index is 1440. The number of amides is 1. The van der Waals surface area contributed by atoms with E-state index in [1.807, 2.05) is 36.4 Å². The Morgan fingerprint density at radius 2 is 1.50 bits per heavy atom. The van der Waals surface area contributed by atoms with Gasteiger partial charge in [-0.2, -0.15) is 0 Å². The summed E-state index contributed by atoms with van der Waals surface area (Å²) in [6.07, 6.45) is 0. The second kappa shape index (κ2) is 8.85. The lowest BCUT2D eigenvalue weighted by molar-refractivity contribution is 0.0746. The number of carbonyl (C=O) groups excluding carboxylic acids is 1. The predicted molar refractivity (Wildman–Crippen MR) is 131 cm³/mol. The maximum atomic E-state index is 12.8. The molecule has 0 atom stereocenters. The summed E-state index contributed by atoms with van der Waals surface area (Å²) < 4.78 is 22.8. The molecule has 0 bridgehead atoms. The number of hydrogen-bond donors (Lipinski definition) is 1. The van der Waals surface area contributed by atoms with Crippen LogP contribution in [0.2, 0.25) is 0 Å².